The third kappa shape index (κ3) is 4.31. The summed E-state index contributed by atoms with van der Waals surface area (Å²) in [6.07, 6.45) is 0. The van der Waals surface area contributed by atoms with Gasteiger partial charge in [0.2, 0.25) is 10.0 Å². The zero-order chi connectivity index (χ0) is 18.6. The number of carbonyl (C=O) groups excluding carboxylic acids is 1. The maximum atomic E-state index is 12.8. The summed E-state index contributed by atoms with van der Waals surface area (Å²) in [6.45, 7) is 0.144. The molecule has 2 rings (SSSR count). The van der Waals surface area contributed by atoms with Gasteiger partial charge in [-0.3, -0.25) is 0 Å². The summed E-state index contributed by atoms with van der Waals surface area (Å²) < 4.78 is 36.5. The Morgan fingerprint density at radius 3 is 2.32 bits per heavy atom. The molecule has 134 valence electrons. The lowest BCUT2D eigenvalue weighted by atomic mass is 10.2. The van der Waals surface area contributed by atoms with E-state index >= 15 is 0 Å². The molecule has 0 bridgehead atoms. The SMILES string of the molecule is COC(=O)c1ccc(Cl)c(S(=O)(=O)N(C)Cc2ccc(OC)cc2)c1. The van der Waals surface area contributed by atoms with Gasteiger partial charge in [0, 0.05) is 13.6 Å². The normalized spacial score (nSPS) is 11.4. The molecule has 0 aliphatic rings. The van der Waals surface area contributed by atoms with Gasteiger partial charge in [-0.25, -0.2) is 13.2 Å². The number of nitrogens with zero attached hydrogens (tertiary/aromatic N) is 1. The molecule has 0 N–H and O–H groups in total. The summed E-state index contributed by atoms with van der Waals surface area (Å²) in [4.78, 5) is 11.5. The highest BCUT2D eigenvalue weighted by atomic mass is 35.5. The number of carbonyl (C=O) groups is 1. The molecular weight excluding hydrogens is 366 g/mol. The molecule has 0 unspecified atom stereocenters. The summed E-state index contributed by atoms with van der Waals surface area (Å²) in [6, 6.07) is 11.0. The zero-order valence-electron chi connectivity index (χ0n) is 14.0. The van der Waals surface area contributed by atoms with Crippen molar-refractivity contribution < 1.29 is 22.7 Å². The molecule has 0 amide bonds. The van der Waals surface area contributed by atoms with E-state index in [2.05, 4.69) is 4.74 Å². The van der Waals surface area contributed by atoms with E-state index in [9.17, 15) is 13.2 Å². The lowest BCUT2D eigenvalue weighted by Gasteiger charge is -2.18. The average Bonchev–Trinajstić information content (AvgIpc) is 2.61. The monoisotopic (exact) mass is 383 g/mol. The molecule has 0 atom stereocenters. The van der Waals surface area contributed by atoms with E-state index in [1.807, 2.05) is 0 Å². The van der Waals surface area contributed by atoms with Crippen LogP contribution in [0.5, 0.6) is 5.75 Å². The van der Waals surface area contributed by atoms with Crippen LogP contribution in [0.15, 0.2) is 47.4 Å². The van der Waals surface area contributed by atoms with Crippen molar-refractivity contribution in [1.29, 1.82) is 0 Å². The van der Waals surface area contributed by atoms with Crippen LogP contribution in [0.4, 0.5) is 0 Å². The molecule has 0 aromatic heterocycles. The van der Waals surface area contributed by atoms with Gasteiger partial charge in [-0.15, -0.1) is 0 Å². The minimum Gasteiger partial charge on any atom is -0.497 e. The predicted molar refractivity (Wildman–Crippen MR) is 94.4 cm³/mol. The first-order valence-electron chi connectivity index (χ1n) is 7.26. The average molecular weight is 384 g/mol. The van der Waals surface area contributed by atoms with Crippen LogP contribution >= 0.6 is 11.6 Å². The van der Waals surface area contributed by atoms with Crippen molar-refractivity contribution >= 4 is 27.6 Å². The van der Waals surface area contributed by atoms with Gasteiger partial charge in [0.1, 0.15) is 10.6 Å². The van der Waals surface area contributed by atoms with Crippen LogP contribution in [0.1, 0.15) is 15.9 Å². The maximum absolute atomic E-state index is 12.8. The highest BCUT2D eigenvalue weighted by Gasteiger charge is 2.25. The number of hydrogen-bond acceptors (Lipinski definition) is 5. The Kier molecular flexibility index (Phi) is 6.05. The van der Waals surface area contributed by atoms with Gasteiger partial charge in [-0.1, -0.05) is 23.7 Å². The van der Waals surface area contributed by atoms with Gasteiger partial charge in [0.15, 0.2) is 0 Å². The number of methoxy groups -OCH3 is 2. The van der Waals surface area contributed by atoms with Crippen molar-refractivity contribution in [3.8, 4) is 5.75 Å². The fraction of sp³-hybridized carbons (Fsp3) is 0.235. The van der Waals surface area contributed by atoms with Crippen molar-refractivity contribution in [3.05, 3.63) is 58.6 Å². The summed E-state index contributed by atoms with van der Waals surface area (Å²) in [7, 11) is 0.340. The summed E-state index contributed by atoms with van der Waals surface area (Å²) in [5.74, 6) is 0.0500. The number of benzene rings is 2. The molecule has 8 heteroatoms. The first-order chi connectivity index (χ1) is 11.8. The maximum Gasteiger partial charge on any atom is 0.337 e. The van der Waals surface area contributed by atoms with Gasteiger partial charge >= 0.3 is 5.97 Å². The zero-order valence-corrected chi connectivity index (χ0v) is 15.6. The molecular formula is C17H18ClNO5S. The van der Waals surface area contributed by atoms with Crippen molar-refractivity contribution in [2.75, 3.05) is 21.3 Å². The first kappa shape index (κ1) is 19.2. The Morgan fingerprint density at radius 2 is 1.76 bits per heavy atom. The Hall–Kier alpha value is -2.09. The van der Waals surface area contributed by atoms with Crippen molar-refractivity contribution in [1.82, 2.24) is 4.31 Å². The Balaban J connectivity index is 2.31. The molecule has 0 saturated heterocycles. The first-order valence-corrected chi connectivity index (χ1v) is 9.08. The number of halogens is 1. The van der Waals surface area contributed by atoms with E-state index in [0.717, 1.165) is 9.87 Å². The molecule has 0 radical (unpaired) electrons. The molecule has 2 aromatic rings. The third-order valence-corrected chi connectivity index (χ3v) is 5.89. The molecule has 0 saturated carbocycles. The number of esters is 1. The van der Waals surface area contributed by atoms with E-state index in [-0.39, 0.29) is 22.0 Å². The number of sulfonamides is 1. The minimum absolute atomic E-state index is 0.0363. The minimum atomic E-state index is -3.89. The summed E-state index contributed by atoms with van der Waals surface area (Å²) in [5.41, 5.74) is 0.899. The van der Waals surface area contributed by atoms with Crippen molar-refractivity contribution in [2.45, 2.75) is 11.4 Å². The Bertz CT molecular complexity index is 865. The predicted octanol–water partition coefficient (Wildman–Crippen LogP) is 2.96. The largest absolute Gasteiger partial charge is 0.497 e. The fourth-order valence-corrected chi connectivity index (χ4v) is 3.84. The molecule has 6 nitrogen and oxygen atoms in total. The molecule has 0 spiro atoms. The fourth-order valence-electron chi connectivity index (χ4n) is 2.19. The summed E-state index contributed by atoms with van der Waals surface area (Å²) >= 11 is 6.04. The lowest BCUT2D eigenvalue weighted by molar-refractivity contribution is 0.0600. The lowest BCUT2D eigenvalue weighted by Crippen LogP contribution is -2.27. The summed E-state index contributed by atoms with van der Waals surface area (Å²) in [5, 5.41) is 0.0363. The van der Waals surface area contributed by atoms with Crippen LogP contribution in [0.3, 0.4) is 0 Å². The van der Waals surface area contributed by atoms with Gasteiger partial charge in [0.25, 0.3) is 0 Å². The quantitative estimate of drug-likeness (QED) is 0.717. The van der Waals surface area contributed by atoms with Crippen LogP contribution in [-0.2, 0) is 21.3 Å². The standard InChI is InChI=1S/C17H18ClNO5S/c1-19(11-12-4-7-14(23-2)8-5-12)25(21,22)16-10-13(17(20)24-3)6-9-15(16)18/h4-10H,11H2,1-3H3. The number of ether oxygens (including phenoxy) is 2. The van der Waals surface area contributed by atoms with E-state index in [1.54, 1.807) is 31.4 Å². The van der Waals surface area contributed by atoms with Crippen LogP contribution in [0.25, 0.3) is 0 Å². The number of rotatable bonds is 6. The van der Waals surface area contributed by atoms with Crippen LogP contribution in [-0.4, -0.2) is 40.0 Å². The van der Waals surface area contributed by atoms with Crippen LogP contribution < -0.4 is 4.74 Å². The molecule has 2 aromatic carbocycles. The highest BCUT2D eigenvalue weighted by molar-refractivity contribution is 7.89. The van der Waals surface area contributed by atoms with Crippen LogP contribution in [0.2, 0.25) is 5.02 Å². The smallest absolute Gasteiger partial charge is 0.337 e. The van der Waals surface area contributed by atoms with Gasteiger partial charge < -0.3 is 9.47 Å². The van der Waals surface area contributed by atoms with Crippen molar-refractivity contribution in [3.63, 3.8) is 0 Å². The molecule has 0 heterocycles. The van der Waals surface area contributed by atoms with Gasteiger partial charge in [0.05, 0.1) is 24.8 Å². The Labute approximate surface area is 152 Å². The van der Waals surface area contributed by atoms with Crippen LogP contribution in [0, 0.1) is 0 Å². The second-order valence-electron chi connectivity index (χ2n) is 5.25. The molecule has 0 aliphatic heterocycles. The number of hydrogen-bond donors (Lipinski definition) is 0. The molecule has 25 heavy (non-hydrogen) atoms. The second kappa shape index (κ2) is 7.86. The highest BCUT2D eigenvalue weighted by Crippen LogP contribution is 2.26. The van der Waals surface area contributed by atoms with E-state index < -0.39 is 16.0 Å². The molecule has 0 aliphatic carbocycles. The van der Waals surface area contributed by atoms with E-state index in [4.69, 9.17) is 16.3 Å². The molecule has 0 fully saturated rings. The van der Waals surface area contributed by atoms with E-state index in [0.29, 0.717) is 5.75 Å². The van der Waals surface area contributed by atoms with E-state index in [1.165, 1.54) is 32.4 Å². The van der Waals surface area contributed by atoms with Gasteiger partial charge in [-0.05, 0) is 35.9 Å². The second-order valence-corrected chi connectivity index (χ2v) is 7.67. The van der Waals surface area contributed by atoms with Gasteiger partial charge in [-0.2, -0.15) is 4.31 Å². The van der Waals surface area contributed by atoms with Crippen molar-refractivity contribution in [2.24, 2.45) is 0 Å². The third-order valence-electron chi connectivity index (χ3n) is 3.60. The topological polar surface area (TPSA) is 72.9 Å². The Morgan fingerprint density at radius 1 is 1.12 bits per heavy atom.